The summed E-state index contributed by atoms with van der Waals surface area (Å²) in [6.07, 6.45) is 3.48. The second kappa shape index (κ2) is 12.8. The van der Waals surface area contributed by atoms with Crippen LogP contribution in [0.5, 0.6) is 0 Å². The van der Waals surface area contributed by atoms with Crippen molar-refractivity contribution in [2.75, 3.05) is 25.6 Å². The maximum Gasteiger partial charge on any atom is 0.291 e. The number of fused-ring (bicyclic) bond motifs is 3. The fourth-order valence-corrected chi connectivity index (χ4v) is 9.24. The molecule has 6 rings (SSSR count). The zero-order chi connectivity index (χ0) is 33.5. The predicted octanol–water partition coefficient (Wildman–Crippen LogP) is 4.93. The summed E-state index contributed by atoms with van der Waals surface area (Å²) in [7, 11) is 0.353. The number of benzene rings is 1. The molecular formula is C32H38N8O4S2Si. The molecule has 0 saturated carbocycles. The number of aromatic nitrogens is 7. The van der Waals surface area contributed by atoms with Gasteiger partial charge >= 0.3 is 0 Å². The van der Waals surface area contributed by atoms with E-state index in [1.54, 1.807) is 65.0 Å². The molecule has 1 unspecified atom stereocenters. The Balaban J connectivity index is 1.34. The molecule has 0 amide bonds. The van der Waals surface area contributed by atoms with Crippen LogP contribution >= 0.6 is 11.3 Å². The number of sulfone groups is 1. The highest BCUT2D eigenvalue weighted by molar-refractivity contribution is 7.92. The van der Waals surface area contributed by atoms with E-state index in [0.29, 0.717) is 56.8 Å². The largest absolute Gasteiger partial charge is 0.363 e. The normalized spacial score (nSPS) is 13.1. The molecule has 5 aromatic heterocycles. The first-order chi connectivity index (χ1) is 22.3. The van der Waals surface area contributed by atoms with Gasteiger partial charge in [0.25, 0.3) is 5.56 Å². The number of pyridine rings is 1. The first-order valence-corrected chi connectivity index (χ1v) is 21.3. The SMILES string of the molecule is CN(C)c1cccc(C(c2nc3c(s2)c2cnn(Cc4ccn(COCC[Si](C)(C)C)n4)c(=O)c2n3C)S(=O)(=O)c2ccccc2)n1. The Hall–Kier alpha value is -4.18. The fraction of sp³-hybridized carbons (Fsp3) is 0.344. The minimum absolute atomic E-state index is 0.177. The molecule has 0 N–H and O–H groups in total. The molecule has 246 valence electrons. The number of aryl methyl sites for hydroxylation is 1. The van der Waals surface area contributed by atoms with Gasteiger partial charge in [-0.25, -0.2) is 27.7 Å². The van der Waals surface area contributed by atoms with Crippen molar-refractivity contribution < 1.29 is 13.2 Å². The average molecular weight is 691 g/mol. The Morgan fingerprint density at radius 3 is 2.51 bits per heavy atom. The van der Waals surface area contributed by atoms with Crippen LogP contribution in [0.15, 0.2) is 76.7 Å². The van der Waals surface area contributed by atoms with E-state index < -0.39 is 23.2 Å². The molecule has 0 radical (unpaired) electrons. The summed E-state index contributed by atoms with van der Waals surface area (Å²) >= 11 is 1.24. The third-order valence-corrected chi connectivity index (χ3v) is 12.9. The zero-order valence-electron chi connectivity index (χ0n) is 27.3. The van der Waals surface area contributed by atoms with E-state index >= 15 is 0 Å². The van der Waals surface area contributed by atoms with Gasteiger partial charge in [0, 0.05) is 47.4 Å². The lowest BCUT2D eigenvalue weighted by Crippen LogP contribution is -2.25. The fourth-order valence-electron chi connectivity index (χ4n) is 5.28. The lowest BCUT2D eigenvalue weighted by Gasteiger charge is -2.18. The minimum Gasteiger partial charge on any atom is -0.363 e. The van der Waals surface area contributed by atoms with Crippen molar-refractivity contribution in [3.63, 3.8) is 0 Å². The molecule has 0 fully saturated rings. The lowest BCUT2D eigenvalue weighted by molar-refractivity contribution is 0.0782. The summed E-state index contributed by atoms with van der Waals surface area (Å²) in [5.41, 5.74) is 1.71. The minimum atomic E-state index is -3.94. The van der Waals surface area contributed by atoms with E-state index in [2.05, 4.69) is 29.8 Å². The van der Waals surface area contributed by atoms with Crippen LogP contribution in [0.2, 0.25) is 25.7 Å². The van der Waals surface area contributed by atoms with Crippen molar-refractivity contribution in [1.29, 1.82) is 0 Å². The number of hydrogen-bond donors (Lipinski definition) is 0. The summed E-state index contributed by atoms with van der Waals surface area (Å²) in [6.45, 7) is 8.17. The number of nitrogens with zero attached hydrogens (tertiary/aromatic N) is 8. The van der Waals surface area contributed by atoms with E-state index in [1.165, 1.54) is 16.0 Å². The van der Waals surface area contributed by atoms with Crippen molar-refractivity contribution in [2.24, 2.45) is 7.05 Å². The van der Waals surface area contributed by atoms with Crippen LogP contribution < -0.4 is 10.5 Å². The van der Waals surface area contributed by atoms with Crippen LogP contribution in [0.3, 0.4) is 0 Å². The van der Waals surface area contributed by atoms with Gasteiger partial charge < -0.3 is 14.2 Å². The van der Waals surface area contributed by atoms with Crippen LogP contribution in [0.1, 0.15) is 21.6 Å². The number of anilines is 1. The summed E-state index contributed by atoms with van der Waals surface area (Å²) < 4.78 is 39.6. The Labute approximate surface area is 278 Å². The molecule has 6 aromatic rings. The van der Waals surface area contributed by atoms with Crippen LogP contribution in [0, 0.1) is 0 Å². The van der Waals surface area contributed by atoms with Gasteiger partial charge in [0.2, 0.25) is 0 Å². The zero-order valence-corrected chi connectivity index (χ0v) is 29.9. The summed E-state index contributed by atoms with van der Waals surface area (Å²) in [4.78, 5) is 25.3. The highest BCUT2D eigenvalue weighted by Crippen LogP contribution is 2.40. The van der Waals surface area contributed by atoms with Gasteiger partial charge in [0.05, 0.1) is 33.7 Å². The van der Waals surface area contributed by atoms with Crippen LogP contribution in [0.4, 0.5) is 5.82 Å². The third-order valence-electron chi connectivity index (χ3n) is 7.86. The first-order valence-electron chi connectivity index (χ1n) is 15.2. The summed E-state index contributed by atoms with van der Waals surface area (Å²) in [5.74, 6) is 0.631. The lowest BCUT2D eigenvalue weighted by atomic mass is 10.2. The number of rotatable bonds is 12. The smallest absolute Gasteiger partial charge is 0.291 e. The molecule has 0 spiro atoms. The van der Waals surface area contributed by atoms with E-state index in [-0.39, 0.29) is 17.0 Å². The highest BCUT2D eigenvalue weighted by Gasteiger charge is 2.36. The molecule has 12 nitrogen and oxygen atoms in total. The Bertz CT molecular complexity index is 2220. The van der Waals surface area contributed by atoms with Crippen molar-refractivity contribution in [3.8, 4) is 0 Å². The predicted molar refractivity (Wildman–Crippen MR) is 188 cm³/mol. The molecule has 0 aliphatic heterocycles. The molecule has 5 heterocycles. The maximum absolute atomic E-state index is 14.2. The van der Waals surface area contributed by atoms with Gasteiger partial charge in [0.1, 0.15) is 23.1 Å². The van der Waals surface area contributed by atoms with E-state index in [1.807, 2.05) is 37.3 Å². The van der Waals surface area contributed by atoms with Crippen molar-refractivity contribution in [3.05, 3.63) is 93.7 Å². The Morgan fingerprint density at radius 2 is 1.79 bits per heavy atom. The topological polar surface area (TPSA) is 130 Å². The molecular weight excluding hydrogens is 653 g/mol. The summed E-state index contributed by atoms with van der Waals surface area (Å²) in [6, 6.07) is 16.6. The molecule has 47 heavy (non-hydrogen) atoms. The Kier molecular flexibility index (Phi) is 8.91. The van der Waals surface area contributed by atoms with Crippen LogP contribution in [0.25, 0.3) is 21.3 Å². The van der Waals surface area contributed by atoms with Gasteiger partial charge in [-0.15, -0.1) is 11.3 Å². The van der Waals surface area contributed by atoms with E-state index in [0.717, 1.165) is 6.04 Å². The maximum atomic E-state index is 14.2. The molecule has 1 aromatic carbocycles. The van der Waals surface area contributed by atoms with Gasteiger partial charge in [-0.1, -0.05) is 43.9 Å². The van der Waals surface area contributed by atoms with Crippen molar-refractivity contribution >= 4 is 56.3 Å². The van der Waals surface area contributed by atoms with Gasteiger partial charge in [-0.05, 0) is 36.4 Å². The number of ether oxygens (including phenoxy) is 1. The molecule has 1 atom stereocenters. The monoisotopic (exact) mass is 690 g/mol. The average Bonchev–Trinajstić information content (AvgIpc) is 3.73. The molecule has 0 aliphatic rings. The van der Waals surface area contributed by atoms with E-state index in [4.69, 9.17) is 14.7 Å². The van der Waals surface area contributed by atoms with Crippen LogP contribution in [-0.4, -0.2) is 71.3 Å². The van der Waals surface area contributed by atoms with Gasteiger partial charge in [0.15, 0.2) is 20.7 Å². The second-order valence-corrected chi connectivity index (χ2v) is 21.6. The first kappa shape index (κ1) is 32.7. The van der Waals surface area contributed by atoms with Crippen molar-refractivity contribution in [2.45, 2.75) is 49.1 Å². The highest BCUT2D eigenvalue weighted by atomic mass is 32.2. The number of thiazole rings is 1. The number of hydrogen-bond acceptors (Lipinski definition) is 10. The van der Waals surface area contributed by atoms with E-state index in [9.17, 15) is 13.2 Å². The van der Waals surface area contributed by atoms with Crippen LogP contribution in [-0.2, 0) is 34.9 Å². The molecule has 0 bridgehead atoms. The molecule has 0 saturated heterocycles. The second-order valence-electron chi connectivity index (χ2n) is 12.9. The molecule has 15 heteroatoms. The molecule has 0 aliphatic carbocycles. The third kappa shape index (κ3) is 6.65. The quantitative estimate of drug-likeness (QED) is 0.130. The van der Waals surface area contributed by atoms with Gasteiger partial charge in [-0.2, -0.15) is 10.2 Å². The Morgan fingerprint density at radius 1 is 1.02 bits per heavy atom. The summed E-state index contributed by atoms with van der Waals surface area (Å²) in [5, 5.41) is 8.86. The van der Waals surface area contributed by atoms with Gasteiger partial charge in [-0.3, -0.25) is 4.79 Å². The standard InChI is InChI=1S/C32H38N8O4S2Si/c1-37(2)26-14-10-13-25(34-26)29(46(42,43)23-11-8-7-9-12-23)31-35-30-28(45-31)24-19-33-40(32(41)27(24)38(30)3)20-22-15-16-39(36-22)21-44-17-18-47(4,5)6/h7-16,19,29H,17-18,20-21H2,1-6H3. The van der Waals surface area contributed by atoms with Crippen molar-refractivity contribution in [1.82, 2.24) is 34.1 Å².